The van der Waals surface area contributed by atoms with Crippen molar-refractivity contribution in [2.75, 3.05) is 26.7 Å². The summed E-state index contributed by atoms with van der Waals surface area (Å²) in [7, 11) is 1.73. The minimum Gasteiger partial charge on any atom is -0.353 e. The average Bonchev–Trinajstić information content (AvgIpc) is 2.94. The van der Waals surface area contributed by atoms with Gasteiger partial charge in [-0.05, 0) is 5.92 Å². The number of aromatic amines is 1. The Morgan fingerprint density at radius 2 is 2.32 bits per heavy atom. The molecule has 0 spiro atoms. The van der Waals surface area contributed by atoms with Gasteiger partial charge in [-0.25, -0.2) is 4.98 Å². The number of aromatic nitrogens is 2. The van der Waals surface area contributed by atoms with Crippen LogP contribution in [0.2, 0.25) is 0 Å². The van der Waals surface area contributed by atoms with Crippen LogP contribution in [-0.2, 0) is 16.1 Å². The predicted molar refractivity (Wildman–Crippen MR) is 82.9 cm³/mol. The van der Waals surface area contributed by atoms with Gasteiger partial charge in [-0.2, -0.15) is 0 Å². The van der Waals surface area contributed by atoms with Crippen LogP contribution in [-0.4, -0.2) is 64.3 Å². The second-order valence-corrected chi connectivity index (χ2v) is 6.19. The van der Waals surface area contributed by atoms with Crippen molar-refractivity contribution in [3.63, 3.8) is 0 Å². The lowest BCUT2D eigenvalue weighted by atomic mass is 10.1. The molecule has 7 heteroatoms. The van der Waals surface area contributed by atoms with Gasteiger partial charge in [0.15, 0.2) is 0 Å². The zero-order chi connectivity index (χ0) is 16.1. The van der Waals surface area contributed by atoms with Gasteiger partial charge in [0, 0.05) is 39.1 Å². The average molecular weight is 307 g/mol. The lowest BCUT2D eigenvalue weighted by molar-refractivity contribution is -0.138. The highest BCUT2D eigenvalue weighted by atomic mass is 16.2. The first-order valence-corrected chi connectivity index (χ1v) is 7.71. The molecule has 1 fully saturated rings. The van der Waals surface area contributed by atoms with Gasteiger partial charge in [-0.1, -0.05) is 13.8 Å². The standard InChI is InChI=1S/C15H25N5O2/c1-11(2)9-20-7-6-18-15(22)12(20)8-14(21)19(3)10-13-16-4-5-17-13/h4-5,11-12H,6-10H2,1-3H3,(H,16,17)(H,18,22)/t12-/m0/s1. The van der Waals surface area contributed by atoms with E-state index in [1.165, 1.54) is 0 Å². The maximum atomic E-state index is 12.4. The summed E-state index contributed by atoms with van der Waals surface area (Å²) < 4.78 is 0. The van der Waals surface area contributed by atoms with Gasteiger partial charge in [0.25, 0.3) is 0 Å². The Kier molecular flexibility index (Phi) is 5.54. The van der Waals surface area contributed by atoms with E-state index in [1.807, 2.05) is 0 Å². The SMILES string of the molecule is CC(C)CN1CCNC(=O)[C@@H]1CC(=O)N(C)Cc1ncc[nH]1. The number of carbonyl (C=O) groups is 2. The largest absolute Gasteiger partial charge is 0.353 e. The second kappa shape index (κ2) is 7.40. The zero-order valence-electron chi connectivity index (χ0n) is 13.5. The monoisotopic (exact) mass is 307 g/mol. The Balaban J connectivity index is 1.95. The number of imidazole rings is 1. The molecule has 0 aliphatic carbocycles. The van der Waals surface area contributed by atoms with E-state index in [1.54, 1.807) is 24.3 Å². The summed E-state index contributed by atoms with van der Waals surface area (Å²) >= 11 is 0. The first-order chi connectivity index (χ1) is 10.5. The lowest BCUT2D eigenvalue weighted by Crippen LogP contribution is -2.57. The maximum absolute atomic E-state index is 12.4. The molecule has 7 nitrogen and oxygen atoms in total. The number of hydrogen-bond acceptors (Lipinski definition) is 4. The van der Waals surface area contributed by atoms with E-state index in [9.17, 15) is 9.59 Å². The minimum absolute atomic E-state index is 0.0489. The van der Waals surface area contributed by atoms with Crippen molar-refractivity contribution in [3.8, 4) is 0 Å². The Morgan fingerprint density at radius 1 is 1.55 bits per heavy atom. The highest BCUT2D eigenvalue weighted by molar-refractivity contribution is 5.88. The number of hydrogen-bond donors (Lipinski definition) is 2. The van der Waals surface area contributed by atoms with E-state index in [0.717, 1.165) is 18.9 Å². The molecule has 0 saturated carbocycles. The van der Waals surface area contributed by atoms with E-state index in [2.05, 4.69) is 34.0 Å². The number of amides is 2. The molecule has 1 aliphatic rings. The zero-order valence-corrected chi connectivity index (χ0v) is 13.5. The van der Waals surface area contributed by atoms with E-state index >= 15 is 0 Å². The summed E-state index contributed by atoms with van der Waals surface area (Å²) in [6.07, 6.45) is 3.59. The van der Waals surface area contributed by atoms with Crippen LogP contribution >= 0.6 is 0 Å². The quantitative estimate of drug-likeness (QED) is 0.787. The number of piperazine rings is 1. The normalized spacial score (nSPS) is 19.3. The maximum Gasteiger partial charge on any atom is 0.237 e. The van der Waals surface area contributed by atoms with Crippen molar-refractivity contribution in [1.82, 2.24) is 25.1 Å². The molecule has 2 N–H and O–H groups in total. The highest BCUT2D eigenvalue weighted by Gasteiger charge is 2.32. The van der Waals surface area contributed by atoms with E-state index in [4.69, 9.17) is 0 Å². The molecule has 1 aromatic rings. The molecule has 2 heterocycles. The molecule has 1 aliphatic heterocycles. The van der Waals surface area contributed by atoms with Crippen LogP contribution in [0, 0.1) is 5.92 Å². The van der Waals surface area contributed by atoms with Crippen molar-refractivity contribution in [2.45, 2.75) is 32.9 Å². The van der Waals surface area contributed by atoms with Crippen LogP contribution in [0.3, 0.4) is 0 Å². The minimum atomic E-state index is -0.372. The van der Waals surface area contributed by atoms with Crippen molar-refractivity contribution in [2.24, 2.45) is 5.92 Å². The number of rotatable bonds is 6. The third-order valence-corrected chi connectivity index (χ3v) is 3.78. The Labute approximate surface area is 131 Å². The number of nitrogens with zero attached hydrogens (tertiary/aromatic N) is 3. The Hall–Kier alpha value is -1.89. The number of H-pyrrole nitrogens is 1. The molecule has 122 valence electrons. The summed E-state index contributed by atoms with van der Waals surface area (Å²) in [6.45, 7) is 6.93. The first-order valence-electron chi connectivity index (χ1n) is 7.71. The molecule has 1 aromatic heterocycles. The molecule has 1 saturated heterocycles. The van der Waals surface area contributed by atoms with Gasteiger partial charge in [0.1, 0.15) is 5.82 Å². The first kappa shape index (κ1) is 16.5. The summed E-state index contributed by atoms with van der Waals surface area (Å²) in [5.74, 6) is 1.10. The molecule has 0 bridgehead atoms. The van der Waals surface area contributed by atoms with E-state index in [-0.39, 0.29) is 24.3 Å². The highest BCUT2D eigenvalue weighted by Crippen LogP contribution is 2.13. The van der Waals surface area contributed by atoms with Gasteiger partial charge in [-0.3, -0.25) is 14.5 Å². The van der Waals surface area contributed by atoms with Crippen LogP contribution in [0.4, 0.5) is 0 Å². The van der Waals surface area contributed by atoms with Gasteiger partial charge in [0.05, 0.1) is 19.0 Å². The summed E-state index contributed by atoms with van der Waals surface area (Å²) in [6, 6.07) is -0.372. The topological polar surface area (TPSA) is 81.3 Å². The summed E-state index contributed by atoms with van der Waals surface area (Å²) in [4.78, 5) is 35.3. The van der Waals surface area contributed by atoms with E-state index < -0.39 is 0 Å². The summed E-state index contributed by atoms with van der Waals surface area (Å²) in [5, 5.41) is 2.86. The van der Waals surface area contributed by atoms with Gasteiger partial charge < -0.3 is 15.2 Å². The third-order valence-electron chi connectivity index (χ3n) is 3.78. The second-order valence-electron chi connectivity index (χ2n) is 6.19. The molecule has 2 rings (SSSR count). The van der Waals surface area contributed by atoms with Crippen molar-refractivity contribution >= 4 is 11.8 Å². The van der Waals surface area contributed by atoms with Crippen LogP contribution < -0.4 is 5.32 Å². The van der Waals surface area contributed by atoms with Gasteiger partial charge in [-0.15, -0.1) is 0 Å². The van der Waals surface area contributed by atoms with Crippen LogP contribution in [0.5, 0.6) is 0 Å². The fourth-order valence-corrected chi connectivity index (χ4v) is 2.69. The fourth-order valence-electron chi connectivity index (χ4n) is 2.69. The predicted octanol–water partition coefficient (Wildman–Crippen LogP) is 0.215. The Morgan fingerprint density at radius 3 is 2.95 bits per heavy atom. The van der Waals surface area contributed by atoms with Crippen LogP contribution in [0.25, 0.3) is 0 Å². The van der Waals surface area contributed by atoms with Crippen molar-refractivity contribution < 1.29 is 9.59 Å². The van der Waals surface area contributed by atoms with E-state index in [0.29, 0.717) is 19.0 Å². The van der Waals surface area contributed by atoms with Gasteiger partial charge in [0.2, 0.25) is 11.8 Å². The molecule has 22 heavy (non-hydrogen) atoms. The third kappa shape index (κ3) is 4.30. The molecule has 1 atom stereocenters. The van der Waals surface area contributed by atoms with Crippen molar-refractivity contribution in [1.29, 1.82) is 0 Å². The molecule has 2 amide bonds. The molecule has 0 radical (unpaired) electrons. The fraction of sp³-hybridized carbons (Fsp3) is 0.667. The smallest absolute Gasteiger partial charge is 0.237 e. The lowest BCUT2D eigenvalue weighted by Gasteiger charge is -2.36. The molecular formula is C15H25N5O2. The van der Waals surface area contributed by atoms with Crippen LogP contribution in [0.15, 0.2) is 12.4 Å². The number of nitrogens with one attached hydrogen (secondary N) is 2. The summed E-state index contributed by atoms with van der Waals surface area (Å²) in [5.41, 5.74) is 0. The molecule has 0 unspecified atom stereocenters. The molecular weight excluding hydrogens is 282 g/mol. The van der Waals surface area contributed by atoms with Gasteiger partial charge >= 0.3 is 0 Å². The van der Waals surface area contributed by atoms with Crippen molar-refractivity contribution in [3.05, 3.63) is 18.2 Å². The number of carbonyl (C=O) groups excluding carboxylic acids is 2. The van der Waals surface area contributed by atoms with Crippen LogP contribution in [0.1, 0.15) is 26.1 Å². The molecule has 0 aromatic carbocycles. The Bertz CT molecular complexity index is 500.